The minimum atomic E-state index is 0.333. The third-order valence-electron chi connectivity index (χ3n) is 2.97. The predicted octanol–water partition coefficient (Wildman–Crippen LogP) is 0.121. The molecule has 0 aromatic carbocycles. The van der Waals surface area contributed by atoms with E-state index in [4.69, 9.17) is 5.11 Å². The van der Waals surface area contributed by atoms with Gasteiger partial charge in [0.2, 0.25) is 0 Å². The summed E-state index contributed by atoms with van der Waals surface area (Å²) in [6, 6.07) is 0.436. The molecule has 2 rings (SSSR count). The van der Waals surface area contributed by atoms with Crippen LogP contribution in [0.5, 0.6) is 0 Å². The van der Waals surface area contributed by atoms with Crippen LogP contribution in [0.1, 0.15) is 19.3 Å². The van der Waals surface area contributed by atoms with E-state index in [2.05, 4.69) is 5.32 Å². The Labute approximate surface area is 55.3 Å². The Morgan fingerprint density at radius 3 is 2.44 bits per heavy atom. The Balaban J connectivity index is 1.97. The van der Waals surface area contributed by atoms with Gasteiger partial charge in [0.1, 0.15) is 0 Å². The summed E-state index contributed by atoms with van der Waals surface area (Å²) >= 11 is 0. The molecule has 1 aliphatic heterocycles. The van der Waals surface area contributed by atoms with E-state index in [9.17, 15) is 0 Å². The van der Waals surface area contributed by atoms with Crippen molar-refractivity contribution in [2.24, 2.45) is 5.41 Å². The van der Waals surface area contributed by atoms with E-state index in [1.54, 1.807) is 0 Å². The number of rotatable bonds is 1. The molecule has 1 saturated heterocycles. The SMILES string of the molecule is OCC1NCC12CCC2. The van der Waals surface area contributed by atoms with Crippen LogP contribution in [0.25, 0.3) is 0 Å². The standard InChI is InChI=1S/C7H13NO/c9-4-6-7(5-8-6)2-1-3-7/h6,8-9H,1-5H2. The average molecular weight is 127 g/mol. The topological polar surface area (TPSA) is 32.3 Å². The maximum atomic E-state index is 8.82. The fourth-order valence-electron chi connectivity index (χ4n) is 1.95. The molecule has 2 heteroatoms. The van der Waals surface area contributed by atoms with Crippen molar-refractivity contribution in [3.8, 4) is 0 Å². The molecule has 2 fully saturated rings. The van der Waals surface area contributed by atoms with Crippen molar-refractivity contribution in [3.05, 3.63) is 0 Å². The number of hydrogen-bond acceptors (Lipinski definition) is 2. The van der Waals surface area contributed by atoms with E-state index in [0.717, 1.165) is 6.54 Å². The lowest BCUT2D eigenvalue weighted by Gasteiger charge is -2.56. The lowest BCUT2D eigenvalue weighted by atomic mass is 9.59. The predicted molar refractivity (Wildman–Crippen MR) is 35.2 cm³/mol. The van der Waals surface area contributed by atoms with Crippen LogP contribution >= 0.6 is 0 Å². The van der Waals surface area contributed by atoms with Crippen molar-refractivity contribution in [1.29, 1.82) is 0 Å². The summed E-state index contributed by atoms with van der Waals surface area (Å²) in [7, 11) is 0. The quantitative estimate of drug-likeness (QED) is 0.524. The molecule has 9 heavy (non-hydrogen) atoms. The van der Waals surface area contributed by atoms with Gasteiger partial charge in [-0.1, -0.05) is 6.42 Å². The molecule has 0 radical (unpaired) electrons. The van der Waals surface area contributed by atoms with Crippen LogP contribution in [-0.2, 0) is 0 Å². The molecule has 1 saturated carbocycles. The Hall–Kier alpha value is -0.0800. The van der Waals surface area contributed by atoms with Crippen LogP contribution in [0.2, 0.25) is 0 Å². The normalized spacial score (nSPS) is 37.7. The van der Waals surface area contributed by atoms with E-state index in [1.807, 2.05) is 0 Å². The summed E-state index contributed by atoms with van der Waals surface area (Å²) in [5, 5.41) is 12.1. The highest BCUT2D eigenvalue weighted by molar-refractivity contribution is 5.06. The highest BCUT2D eigenvalue weighted by Crippen LogP contribution is 2.47. The first-order chi connectivity index (χ1) is 4.37. The van der Waals surface area contributed by atoms with Crippen LogP contribution in [0.4, 0.5) is 0 Å². The van der Waals surface area contributed by atoms with Crippen molar-refractivity contribution in [2.45, 2.75) is 25.3 Å². The maximum absolute atomic E-state index is 8.82. The van der Waals surface area contributed by atoms with Crippen LogP contribution in [0, 0.1) is 5.41 Å². The zero-order chi connectivity index (χ0) is 6.32. The third kappa shape index (κ3) is 0.578. The van der Waals surface area contributed by atoms with Crippen molar-refractivity contribution in [1.82, 2.24) is 5.32 Å². The van der Waals surface area contributed by atoms with Gasteiger partial charge in [-0.15, -0.1) is 0 Å². The lowest BCUT2D eigenvalue weighted by Crippen LogP contribution is -2.66. The third-order valence-corrected chi connectivity index (χ3v) is 2.97. The minimum absolute atomic E-state index is 0.333. The molecule has 1 unspecified atom stereocenters. The van der Waals surface area contributed by atoms with Crippen molar-refractivity contribution < 1.29 is 5.11 Å². The second-order valence-electron chi connectivity index (χ2n) is 3.33. The van der Waals surface area contributed by atoms with Crippen molar-refractivity contribution in [3.63, 3.8) is 0 Å². The summed E-state index contributed by atoms with van der Waals surface area (Å²) in [6.07, 6.45) is 4.05. The summed E-state index contributed by atoms with van der Waals surface area (Å²) in [5.74, 6) is 0. The molecule has 1 heterocycles. The highest BCUT2D eigenvalue weighted by atomic mass is 16.3. The molecule has 2 N–H and O–H groups in total. The largest absolute Gasteiger partial charge is 0.395 e. The highest BCUT2D eigenvalue weighted by Gasteiger charge is 2.49. The van der Waals surface area contributed by atoms with E-state index in [-0.39, 0.29) is 0 Å². The average Bonchev–Trinajstić information content (AvgIpc) is 1.59. The molecule has 2 nitrogen and oxygen atoms in total. The van der Waals surface area contributed by atoms with Gasteiger partial charge in [-0.05, 0) is 12.8 Å². The van der Waals surface area contributed by atoms with E-state index >= 15 is 0 Å². The molecule has 1 spiro atoms. The van der Waals surface area contributed by atoms with Gasteiger partial charge in [-0.3, -0.25) is 0 Å². The molecule has 2 aliphatic rings. The number of nitrogens with one attached hydrogen (secondary N) is 1. The molecule has 1 aliphatic carbocycles. The number of aliphatic hydroxyl groups is 1. The first-order valence-electron chi connectivity index (χ1n) is 3.72. The van der Waals surface area contributed by atoms with E-state index in [1.165, 1.54) is 19.3 Å². The zero-order valence-corrected chi connectivity index (χ0v) is 5.56. The number of aliphatic hydroxyl groups excluding tert-OH is 1. The Kier molecular flexibility index (Phi) is 1.08. The molecule has 0 aromatic rings. The van der Waals surface area contributed by atoms with Crippen molar-refractivity contribution >= 4 is 0 Å². The van der Waals surface area contributed by atoms with Gasteiger partial charge >= 0.3 is 0 Å². The van der Waals surface area contributed by atoms with Crippen LogP contribution < -0.4 is 5.32 Å². The molecule has 52 valence electrons. The van der Waals surface area contributed by atoms with Crippen LogP contribution in [0.3, 0.4) is 0 Å². The van der Waals surface area contributed by atoms with Gasteiger partial charge in [0.25, 0.3) is 0 Å². The van der Waals surface area contributed by atoms with Gasteiger partial charge in [0.15, 0.2) is 0 Å². The Bertz CT molecular complexity index is 113. The van der Waals surface area contributed by atoms with Crippen LogP contribution in [0.15, 0.2) is 0 Å². The second-order valence-corrected chi connectivity index (χ2v) is 3.33. The monoisotopic (exact) mass is 127 g/mol. The van der Waals surface area contributed by atoms with E-state index in [0.29, 0.717) is 18.1 Å². The summed E-state index contributed by atoms with van der Waals surface area (Å²) < 4.78 is 0. The Morgan fingerprint density at radius 1 is 1.56 bits per heavy atom. The summed E-state index contributed by atoms with van der Waals surface area (Å²) in [4.78, 5) is 0. The first kappa shape index (κ1) is 5.69. The molecule has 1 atom stereocenters. The molecular formula is C7H13NO. The molecule has 0 amide bonds. The summed E-state index contributed by atoms with van der Waals surface area (Å²) in [5.41, 5.74) is 0.550. The smallest absolute Gasteiger partial charge is 0.0590 e. The second kappa shape index (κ2) is 1.70. The van der Waals surface area contributed by atoms with Gasteiger partial charge in [0.05, 0.1) is 6.61 Å². The summed E-state index contributed by atoms with van der Waals surface area (Å²) in [6.45, 7) is 1.48. The zero-order valence-electron chi connectivity index (χ0n) is 5.56. The van der Waals surface area contributed by atoms with Gasteiger partial charge in [-0.2, -0.15) is 0 Å². The molecule has 0 aromatic heterocycles. The maximum Gasteiger partial charge on any atom is 0.0590 e. The first-order valence-corrected chi connectivity index (χ1v) is 3.72. The van der Waals surface area contributed by atoms with Crippen molar-refractivity contribution in [2.75, 3.05) is 13.2 Å². The Morgan fingerprint density at radius 2 is 2.33 bits per heavy atom. The number of hydrogen-bond donors (Lipinski definition) is 2. The molecular weight excluding hydrogens is 114 g/mol. The minimum Gasteiger partial charge on any atom is -0.395 e. The van der Waals surface area contributed by atoms with Gasteiger partial charge < -0.3 is 10.4 Å². The van der Waals surface area contributed by atoms with Gasteiger partial charge in [0, 0.05) is 18.0 Å². The fourth-order valence-corrected chi connectivity index (χ4v) is 1.95. The fraction of sp³-hybridized carbons (Fsp3) is 1.00. The molecule has 0 bridgehead atoms. The lowest BCUT2D eigenvalue weighted by molar-refractivity contribution is -0.0304. The van der Waals surface area contributed by atoms with Gasteiger partial charge in [-0.25, -0.2) is 0 Å². The van der Waals surface area contributed by atoms with Crippen LogP contribution in [-0.4, -0.2) is 24.3 Å². The van der Waals surface area contributed by atoms with E-state index < -0.39 is 0 Å².